The molecule has 0 unspecified atom stereocenters. The summed E-state index contributed by atoms with van der Waals surface area (Å²) in [6.07, 6.45) is 2.88. The Kier molecular flexibility index (Phi) is 4.82. The molecule has 0 aliphatic rings. The van der Waals surface area contributed by atoms with Gasteiger partial charge in [-0.2, -0.15) is 4.31 Å². The van der Waals surface area contributed by atoms with Crippen LogP contribution in [0.25, 0.3) is 0 Å². The van der Waals surface area contributed by atoms with Crippen LogP contribution in [0.2, 0.25) is 0 Å². The fraction of sp³-hybridized carbons (Fsp3) is 0.429. The Morgan fingerprint density at radius 3 is 2.50 bits per heavy atom. The van der Waals surface area contributed by atoms with Crippen LogP contribution >= 0.6 is 0 Å². The third kappa shape index (κ3) is 3.12. The van der Waals surface area contributed by atoms with E-state index in [-0.39, 0.29) is 17.0 Å². The standard InChI is InChI=1S/C14H19N3O4S/c1-4-17(5-2)22(19,20)13-6-7-14(18)16(10-13)9-12-8-15-21-11(12)3/h6-8,10H,4-5,9H2,1-3H3. The van der Waals surface area contributed by atoms with E-state index in [9.17, 15) is 13.2 Å². The van der Waals surface area contributed by atoms with E-state index in [1.54, 1.807) is 20.8 Å². The van der Waals surface area contributed by atoms with Crippen molar-refractivity contribution in [1.82, 2.24) is 14.0 Å². The lowest BCUT2D eigenvalue weighted by atomic mass is 10.3. The fourth-order valence-electron chi connectivity index (χ4n) is 2.15. The van der Waals surface area contributed by atoms with E-state index < -0.39 is 10.0 Å². The number of pyridine rings is 1. The molecule has 120 valence electrons. The van der Waals surface area contributed by atoms with Gasteiger partial charge in [-0.05, 0) is 13.0 Å². The number of aryl methyl sites for hydroxylation is 1. The molecule has 2 aromatic heterocycles. The van der Waals surface area contributed by atoms with Crippen molar-refractivity contribution in [2.45, 2.75) is 32.2 Å². The second-order valence-electron chi connectivity index (χ2n) is 4.83. The van der Waals surface area contributed by atoms with E-state index in [1.807, 2.05) is 0 Å². The highest BCUT2D eigenvalue weighted by Crippen LogP contribution is 2.15. The summed E-state index contributed by atoms with van der Waals surface area (Å²) in [5, 5.41) is 3.66. The fourth-order valence-corrected chi connectivity index (χ4v) is 3.63. The molecule has 0 amide bonds. The van der Waals surface area contributed by atoms with Crippen LogP contribution in [-0.2, 0) is 16.6 Å². The molecule has 0 atom stereocenters. The Hall–Kier alpha value is -1.93. The second kappa shape index (κ2) is 6.45. The first-order valence-electron chi connectivity index (χ1n) is 7.01. The maximum Gasteiger partial charge on any atom is 0.250 e. The summed E-state index contributed by atoms with van der Waals surface area (Å²) >= 11 is 0. The summed E-state index contributed by atoms with van der Waals surface area (Å²) < 4.78 is 32.7. The summed E-state index contributed by atoms with van der Waals surface area (Å²) in [4.78, 5) is 12.1. The van der Waals surface area contributed by atoms with Gasteiger partial charge in [-0.1, -0.05) is 19.0 Å². The van der Waals surface area contributed by atoms with Gasteiger partial charge >= 0.3 is 0 Å². The predicted molar refractivity (Wildman–Crippen MR) is 81.2 cm³/mol. The molecule has 0 saturated carbocycles. The van der Waals surface area contributed by atoms with Gasteiger partial charge in [0, 0.05) is 30.9 Å². The summed E-state index contributed by atoms with van der Waals surface area (Å²) in [5.74, 6) is 0.601. The first kappa shape index (κ1) is 16.4. The van der Waals surface area contributed by atoms with Crippen molar-refractivity contribution < 1.29 is 12.9 Å². The van der Waals surface area contributed by atoms with Crippen LogP contribution in [0.4, 0.5) is 0 Å². The zero-order valence-electron chi connectivity index (χ0n) is 12.8. The SMILES string of the molecule is CCN(CC)S(=O)(=O)c1ccc(=O)n(Cc2cnoc2C)c1. The van der Waals surface area contributed by atoms with Gasteiger partial charge in [-0.25, -0.2) is 8.42 Å². The third-order valence-electron chi connectivity index (χ3n) is 3.49. The zero-order valence-corrected chi connectivity index (χ0v) is 13.6. The molecule has 2 aromatic rings. The van der Waals surface area contributed by atoms with Gasteiger partial charge in [0.15, 0.2) is 0 Å². The highest BCUT2D eigenvalue weighted by Gasteiger charge is 2.22. The Morgan fingerprint density at radius 1 is 1.27 bits per heavy atom. The van der Waals surface area contributed by atoms with E-state index in [0.717, 1.165) is 5.56 Å². The molecule has 0 fully saturated rings. The zero-order chi connectivity index (χ0) is 16.3. The molecule has 0 N–H and O–H groups in total. The number of aromatic nitrogens is 2. The molecular weight excluding hydrogens is 306 g/mol. The number of sulfonamides is 1. The topological polar surface area (TPSA) is 85.4 Å². The predicted octanol–water partition coefficient (Wildman–Crippen LogP) is 1.22. The molecule has 0 bridgehead atoms. The highest BCUT2D eigenvalue weighted by atomic mass is 32.2. The van der Waals surface area contributed by atoms with Gasteiger partial charge in [-0.15, -0.1) is 0 Å². The van der Waals surface area contributed by atoms with Gasteiger partial charge in [0.2, 0.25) is 10.0 Å². The Morgan fingerprint density at radius 2 is 1.95 bits per heavy atom. The molecule has 0 aliphatic carbocycles. The van der Waals surface area contributed by atoms with Crippen LogP contribution in [0.5, 0.6) is 0 Å². The van der Waals surface area contributed by atoms with E-state index >= 15 is 0 Å². The minimum atomic E-state index is -3.59. The minimum Gasteiger partial charge on any atom is -0.361 e. The third-order valence-corrected chi connectivity index (χ3v) is 5.52. The van der Waals surface area contributed by atoms with E-state index in [2.05, 4.69) is 5.16 Å². The summed E-state index contributed by atoms with van der Waals surface area (Å²) in [5.41, 5.74) is 0.457. The average molecular weight is 325 g/mol. The summed E-state index contributed by atoms with van der Waals surface area (Å²) in [6.45, 7) is 6.26. The van der Waals surface area contributed by atoms with Crippen molar-refractivity contribution in [3.63, 3.8) is 0 Å². The Balaban J connectivity index is 2.43. The minimum absolute atomic E-state index is 0.102. The van der Waals surface area contributed by atoms with Gasteiger partial charge in [0.1, 0.15) is 5.76 Å². The molecule has 7 nitrogen and oxygen atoms in total. The molecule has 2 rings (SSSR count). The largest absolute Gasteiger partial charge is 0.361 e. The van der Waals surface area contributed by atoms with E-state index in [1.165, 1.54) is 33.4 Å². The van der Waals surface area contributed by atoms with Crippen LogP contribution in [0.3, 0.4) is 0 Å². The van der Waals surface area contributed by atoms with Gasteiger partial charge < -0.3 is 9.09 Å². The van der Waals surface area contributed by atoms with E-state index in [4.69, 9.17) is 4.52 Å². The average Bonchev–Trinajstić information content (AvgIpc) is 2.87. The first-order chi connectivity index (χ1) is 10.4. The van der Waals surface area contributed by atoms with Gasteiger partial charge in [0.25, 0.3) is 5.56 Å². The lowest BCUT2D eigenvalue weighted by Crippen LogP contribution is -2.32. The summed E-state index contributed by atoms with van der Waals surface area (Å²) in [6, 6.07) is 2.60. The van der Waals surface area contributed by atoms with Crippen LogP contribution in [0.1, 0.15) is 25.2 Å². The lowest BCUT2D eigenvalue weighted by Gasteiger charge is -2.19. The van der Waals surface area contributed by atoms with Crippen LogP contribution in [0.15, 0.2) is 38.7 Å². The molecule has 22 heavy (non-hydrogen) atoms. The van der Waals surface area contributed by atoms with Gasteiger partial charge in [-0.3, -0.25) is 4.79 Å². The Labute approximate surface area is 129 Å². The second-order valence-corrected chi connectivity index (χ2v) is 6.77. The monoisotopic (exact) mass is 325 g/mol. The maximum absolute atomic E-state index is 12.5. The smallest absolute Gasteiger partial charge is 0.250 e. The number of hydrogen-bond donors (Lipinski definition) is 0. The van der Waals surface area contributed by atoms with Crippen LogP contribution < -0.4 is 5.56 Å². The maximum atomic E-state index is 12.5. The molecule has 0 aromatic carbocycles. The van der Waals surface area contributed by atoms with Crippen molar-refractivity contribution in [1.29, 1.82) is 0 Å². The lowest BCUT2D eigenvalue weighted by molar-refractivity contribution is 0.395. The van der Waals surface area contributed by atoms with Crippen molar-refractivity contribution in [3.8, 4) is 0 Å². The number of rotatable bonds is 6. The van der Waals surface area contributed by atoms with Crippen LogP contribution in [-0.4, -0.2) is 35.5 Å². The van der Waals surface area contributed by atoms with E-state index in [0.29, 0.717) is 18.8 Å². The summed E-state index contributed by atoms with van der Waals surface area (Å²) in [7, 11) is -3.59. The van der Waals surface area contributed by atoms with Gasteiger partial charge in [0.05, 0.1) is 17.6 Å². The Bertz CT molecular complexity index is 803. The number of nitrogens with zero attached hydrogens (tertiary/aromatic N) is 3. The number of hydrogen-bond acceptors (Lipinski definition) is 5. The van der Waals surface area contributed by atoms with Crippen molar-refractivity contribution >= 4 is 10.0 Å². The molecule has 8 heteroatoms. The first-order valence-corrected chi connectivity index (χ1v) is 8.45. The molecular formula is C14H19N3O4S. The van der Waals surface area contributed by atoms with Crippen LogP contribution in [0, 0.1) is 6.92 Å². The quantitative estimate of drug-likeness (QED) is 0.797. The molecule has 0 radical (unpaired) electrons. The highest BCUT2D eigenvalue weighted by molar-refractivity contribution is 7.89. The van der Waals surface area contributed by atoms with Crippen molar-refractivity contribution in [3.05, 3.63) is 46.2 Å². The molecule has 0 saturated heterocycles. The molecule has 0 aliphatic heterocycles. The van der Waals surface area contributed by atoms with Crippen molar-refractivity contribution in [2.75, 3.05) is 13.1 Å². The van der Waals surface area contributed by atoms with Crippen molar-refractivity contribution in [2.24, 2.45) is 0 Å². The molecule has 0 spiro atoms. The molecule has 2 heterocycles. The normalized spacial score (nSPS) is 12.0.